The van der Waals surface area contributed by atoms with Gasteiger partial charge in [-0.15, -0.1) is 0 Å². The first kappa shape index (κ1) is 47.2. The molecule has 4 aromatic carbocycles. The molecule has 68 heavy (non-hydrogen) atoms. The molecule has 0 saturated carbocycles. The summed E-state index contributed by atoms with van der Waals surface area (Å²) in [5.41, 5.74) is 13.4. The average molecular weight is 946 g/mol. The summed E-state index contributed by atoms with van der Waals surface area (Å²) in [6.07, 6.45) is 3.95. The Morgan fingerprint density at radius 2 is 1.65 bits per heavy atom. The molecule has 1 fully saturated rings. The van der Waals surface area contributed by atoms with Gasteiger partial charge in [-0.25, -0.2) is 24.3 Å². The fourth-order valence-corrected chi connectivity index (χ4v) is 8.10. The minimum Gasteiger partial charge on any atom is -0.387 e. The second-order valence-electron chi connectivity index (χ2n) is 15.9. The first-order chi connectivity index (χ1) is 33.1. The minimum absolute atomic E-state index is 0.0945. The van der Waals surface area contributed by atoms with E-state index in [2.05, 4.69) is 41.7 Å². The quantitative estimate of drug-likeness (QED) is 0.0281. The number of halogens is 3. The summed E-state index contributed by atoms with van der Waals surface area (Å²) in [4.78, 5) is 64.6. The van der Waals surface area contributed by atoms with Gasteiger partial charge in [0.1, 0.15) is 23.4 Å². The van der Waals surface area contributed by atoms with Crippen molar-refractivity contribution in [3.05, 3.63) is 141 Å². The fraction of sp³-hybridized carbons (Fsp3) is 0.271. The molecule has 4 amide bonds. The summed E-state index contributed by atoms with van der Waals surface area (Å²) >= 11 is 6.35. The van der Waals surface area contributed by atoms with Crippen molar-refractivity contribution in [2.45, 2.75) is 38.4 Å². The molecule has 0 radical (unpaired) electrons. The molecule has 5 aromatic rings. The molecule has 1 aromatic heterocycles. The Bertz CT molecular complexity index is 2790. The molecule has 0 aliphatic carbocycles. The van der Waals surface area contributed by atoms with Crippen molar-refractivity contribution in [1.29, 1.82) is 5.53 Å². The van der Waals surface area contributed by atoms with Crippen LogP contribution in [-0.2, 0) is 36.9 Å². The number of fused-ring (bicyclic) bond motifs is 4. The lowest BCUT2D eigenvalue weighted by Crippen LogP contribution is -2.52. The van der Waals surface area contributed by atoms with Gasteiger partial charge >= 0.3 is 0 Å². The highest BCUT2D eigenvalue weighted by molar-refractivity contribution is 6.31. The van der Waals surface area contributed by atoms with Crippen molar-refractivity contribution >= 4 is 64.0 Å². The number of piperidine rings is 1. The van der Waals surface area contributed by atoms with Crippen LogP contribution in [0, 0.1) is 17.2 Å². The van der Waals surface area contributed by atoms with E-state index in [9.17, 15) is 28.0 Å². The van der Waals surface area contributed by atoms with Crippen LogP contribution >= 0.6 is 11.6 Å². The van der Waals surface area contributed by atoms with Gasteiger partial charge in [-0.2, -0.15) is 5.11 Å². The number of rotatable bonds is 20. The number of hydrogen-bond donors (Lipinski definition) is 6. The van der Waals surface area contributed by atoms with Crippen LogP contribution in [0.5, 0.6) is 0 Å². The largest absolute Gasteiger partial charge is 0.387 e. The van der Waals surface area contributed by atoms with Gasteiger partial charge in [0.25, 0.3) is 5.91 Å². The molecule has 17 nitrogen and oxygen atoms in total. The lowest BCUT2D eigenvalue weighted by Gasteiger charge is -2.29. The number of ether oxygens (including phenoxy) is 2. The summed E-state index contributed by atoms with van der Waals surface area (Å²) < 4.78 is 41.1. The zero-order valence-corrected chi connectivity index (χ0v) is 37.3. The Balaban J connectivity index is 0.707. The van der Waals surface area contributed by atoms with Gasteiger partial charge in [0.15, 0.2) is 0 Å². The fourth-order valence-electron chi connectivity index (χ4n) is 7.92. The van der Waals surface area contributed by atoms with E-state index in [0.717, 1.165) is 0 Å². The van der Waals surface area contributed by atoms with Crippen LogP contribution in [0.1, 0.15) is 57.4 Å². The van der Waals surface area contributed by atoms with E-state index in [1.165, 1.54) is 23.1 Å². The second-order valence-corrected chi connectivity index (χ2v) is 16.3. The summed E-state index contributed by atoms with van der Waals surface area (Å²) in [7, 11) is 0. The molecular weight excluding hydrogens is 900 g/mol. The Kier molecular flexibility index (Phi) is 15.3. The van der Waals surface area contributed by atoms with E-state index in [-0.39, 0.29) is 61.3 Å². The maximum atomic E-state index is 14.9. The lowest BCUT2D eigenvalue weighted by molar-refractivity contribution is -0.137. The first-order valence-electron chi connectivity index (χ1n) is 21.8. The van der Waals surface area contributed by atoms with E-state index < -0.39 is 23.6 Å². The van der Waals surface area contributed by atoms with Crippen molar-refractivity contribution in [3.8, 4) is 11.3 Å². The number of aliphatic imine (C=N–C) groups is 1. The molecule has 1 unspecified atom stereocenters. The van der Waals surface area contributed by atoms with Crippen LogP contribution in [0.25, 0.3) is 17.0 Å². The summed E-state index contributed by atoms with van der Waals surface area (Å²) in [5.74, 6) is -2.46. The number of aromatic nitrogens is 2. The van der Waals surface area contributed by atoms with E-state index in [1.807, 2.05) is 0 Å². The third-order valence-corrected chi connectivity index (χ3v) is 11.5. The molecule has 1 saturated heterocycles. The van der Waals surface area contributed by atoms with E-state index in [4.69, 9.17) is 31.6 Å². The molecule has 1 atom stereocenters. The molecule has 3 aliphatic rings. The average Bonchev–Trinajstić information content (AvgIpc) is 3.56. The van der Waals surface area contributed by atoms with Crippen LogP contribution in [0.3, 0.4) is 0 Å². The van der Waals surface area contributed by atoms with Crippen molar-refractivity contribution in [2.24, 2.45) is 10.1 Å². The van der Waals surface area contributed by atoms with Gasteiger partial charge in [-0.05, 0) is 66.6 Å². The van der Waals surface area contributed by atoms with Crippen molar-refractivity contribution in [2.75, 3.05) is 56.7 Å². The van der Waals surface area contributed by atoms with Gasteiger partial charge < -0.3 is 35.6 Å². The van der Waals surface area contributed by atoms with Gasteiger partial charge in [0.05, 0.1) is 49.9 Å². The summed E-state index contributed by atoms with van der Waals surface area (Å²) in [6.45, 7) is 3.37. The number of nitrogens with zero attached hydrogens (tertiary/aromatic N) is 5. The highest BCUT2D eigenvalue weighted by Crippen LogP contribution is 2.35. The van der Waals surface area contributed by atoms with Crippen LogP contribution in [0.2, 0.25) is 5.02 Å². The van der Waals surface area contributed by atoms with Gasteiger partial charge in [0.2, 0.25) is 23.7 Å². The number of anilines is 3. The molecule has 4 heterocycles. The monoisotopic (exact) mass is 945 g/mol. The molecular formula is C48H46ClF2N11O6. The molecule has 8 rings (SSSR count). The van der Waals surface area contributed by atoms with Crippen molar-refractivity contribution < 1.29 is 37.4 Å². The van der Waals surface area contributed by atoms with E-state index >= 15 is 0 Å². The van der Waals surface area contributed by atoms with Crippen LogP contribution in [0.4, 0.5) is 26.1 Å². The number of carbonyl (C=O) groups is 4. The van der Waals surface area contributed by atoms with Crippen LogP contribution < -0.4 is 26.6 Å². The maximum Gasteiger partial charge on any atom is 0.255 e. The summed E-state index contributed by atoms with van der Waals surface area (Å²) in [6, 6.07) is 20.3. The number of nitrogens with one attached hydrogen (secondary N) is 6. The summed E-state index contributed by atoms with van der Waals surface area (Å²) in [5, 5.41) is 18.7. The first-order valence-corrected chi connectivity index (χ1v) is 22.2. The number of amides is 4. The smallest absolute Gasteiger partial charge is 0.255 e. The molecule has 350 valence electrons. The number of benzene rings is 4. The minimum atomic E-state index is -0.736. The Hall–Kier alpha value is -7.32. The number of imide groups is 1. The molecule has 0 spiro atoms. The van der Waals surface area contributed by atoms with Crippen LogP contribution in [-0.4, -0.2) is 96.3 Å². The highest BCUT2D eigenvalue weighted by atomic mass is 35.5. The van der Waals surface area contributed by atoms with Crippen molar-refractivity contribution in [3.63, 3.8) is 0 Å². The third-order valence-electron chi connectivity index (χ3n) is 11.3. The predicted molar refractivity (Wildman–Crippen MR) is 249 cm³/mol. The molecule has 3 aliphatic heterocycles. The standard InChI is InChI=1S/C48H46ClF2N11O6/c49-31-6-10-35-36(23-31)45(43-37(50)2-1-3-38(43)51)55-24-30-25-56-48(60-44(30)35)58-32-7-4-28(5-8-32)39(61-52)26-54-17-19-68-21-20-67-18-16-53-15-14-42(64)57-33-9-11-34-29(22-33)27-62(47(34)66)40-12-13-41(63)59-46(40)65/h1-11,22-23,25-26,40,52-54H,12-21,24,27H2,(H,57,64)(H,56,58,60)(H,59,63,65)/b39-26-,61-52?. The SMILES string of the molecule is N=N/C(=C\NCCOCCOCCNCCC(=O)Nc1ccc2c(c1)CN(C1CCC(=O)NC1=O)C2=O)c1ccc(Nc2ncc3c(n2)-c2ccc(Cl)cc2C(c2c(F)cccc2F)=NC3)cc1. The zero-order chi connectivity index (χ0) is 47.6. The number of hydrogen-bond acceptors (Lipinski definition) is 14. The molecule has 20 heteroatoms. The van der Waals surface area contributed by atoms with Crippen LogP contribution in [0.15, 0.2) is 101 Å². The highest BCUT2D eigenvalue weighted by Gasteiger charge is 2.39. The Labute approximate surface area is 394 Å². The predicted octanol–water partition coefficient (Wildman–Crippen LogP) is 6.50. The maximum absolute atomic E-state index is 14.9. The van der Waals surface area contributed by atoms with Gasteiger partial charge in [0, 0.05) is 95.6 Å². The van der Waals surface area contributed by atoms with E-state index in [0.29, 0.717) is 113 Å². The Morgan fingerprint density at radius 3 is 2.41 bits per heavy atom. The van der Waals surface area contributed by atoms with Gasteiger partial charge in [-0.1, -0.05) is 35.9 Å². The van der Waals surface area contributed by atoms with E-state index in [1.54, 1.807) is 73.1 Å². The Morgan fingerprint density at radius 1 is 0.897 bits per heavy atom. The lowest BCUT2D eigenvalue weighted by atomic mass is 9.95. The second kappa shape index (κ2) is 22.0. The molecule has 0 bridgehead atoms. The zero-order valence-electron chi connectivity index (χ0n) is 36.5. The van der Waals surface area contributed by atoms with Crippen molar-refractivity contribution in [1.82, 2.24) is 30.8 Å². The molecule has 6 N–H and O–H groups in total. The normalized spacial score (nSPS) is 15.4. The third kappa shape index (κ3) is 11.3. The topological polar surface area (TPSA) is 224 Å². The number of carbonyl (C=O) groups excluding carboxylic acids is 4. The van der Waals surface area contributed by atoms with Gasteiger partial charge in [-0.3, -0.25) is 29.5 Å².